The van der Waals surface area contributed by atoms with Crippen LogP contribution in [0.3, 0.4) is 0 Å². The van der Waals surface area contributed by atoms with Crippen molar-refractivity contribution in [1.82, 2.24) is 9.78 Å². The first-order valence-corrected chi connectivity index (χ1v) is 7.42. The summed E-state index contributed by atoms with van der Waals surface area (Å²) in [6, 6.07) is 9.76. The number of rotatable bonds is 4. The number of ether oxygens (including phenoxy) is 2. The molecule has 0 aliphatic heterocycles. The van der Waals surface area contributed by atoms with Crippen molar-refractivity contribution in [2.45, 2.75) is 46.8 Å². The third kappa shape index (κ3) is 3.47. The molecular formula is C17H22N2O3. The van der Waals surface area contributed by atoms with E-state index < -0.39 is 6.09 Å². The van der Waals surface area contributed by atoms with Gasteiger partial charge in [0, 0.05) is 0 Å². The molecule has 2 aromatic rings. The first-order valence-electron chi connectivity index (χ1n) is 7.42. The fraction of sp³-hybridized carbons (Fsp3) is 0.412. The second-order valence-corrected chi connectivity index (χ2v) is 5.64. The molecule has 5 heteroatoms. The molecule has 0 radical (unpaired) electrons. The zero-order chi connectivity index (χ0) is 16.3. The topological polar surface area (TPSA) is 53.4 Å². The predicted octanol–water partition coefficient (Wildman–Crippen LogP) is 4.04. The minimum Gasteiger partial charge on any atom is -0.473 e. The lowest BCUT2D eigenvalue weighted by Crippen LogP contribution is -2.20. The number of aromatic nitrogens is 2. The van der Waals surface area contributed by atoms with Gasteiger partial charge >= 0.3 is 6.09 Å². The number of benzene rings is 1. The van der Waals surface area contributed by atoms with Crippen molar-refractivity contribution in [2.24, 2.45) is 0 Å². The molecule has 0 atom stereocenters. The molecule has 118 valence electrons. The van der Waals surface area contributed by atoms with Crippen molar-refractivity contribution in [3.8, 4) is 17.0 Å². The number of carbonyl (C=O) groups excluding carboxylic acids is 1. The lowest BCUT2D eigenvalue weighted by molar-refractivity contribution is 0.112. The van der Waals surface area contributed by atoms with Gasteiger partial charge in [-0.1, -0.05) is 30.3 Å². The van der Waals surface area contributed by atoms with Crippen LogP contribution in [0.4, 0.5) is 4.79 Å². The fourth-order valence-corrected chi connectivity index (χ4v) is 2.15. The minimum absolute atomic E-state index is 0.0358. The SMILES string of the molecule is Cc1c(-c2ccccc2)c(OC(C)C)nn1C(=O)OC(C)C. The van der Waals surface area contributed by atoms with Crippen molar-refractivity contribution >= 4 is 6.09 Å². The van der Waals surface area contributed by atoms with Crippen molar-refractivity contribution < 1.29 is 14.3 Å². The van der Waals surface area contributed by atoms with Gasteiger partial charge in [0.15, 0.2) is 0 Å². The van der Waals surface area contributed by atoms with Gasteiger partial charge in [-0.3, -0.25) is 0 Å². The average molecular weight is 302 g/mol. The highest BCUT2D eigenvalue weighted by Gasteiger charge is 2.23. The van der Waals surface area contributed by atoms with E-state index in [0.717, 1.165) is 11.1 Å². The van der Waals surface area contributed by atoms with E-state index in [2.05, 4.69) is 5.10 Å². The fourth-order valence-electron chi connectivity index (χ4n) is 2.15. The number of hydrogen-bond donors (Lipinski definition) is 0. The first-order chi connectivity index (χ1) is 10.4. The van der Waals surface area contributed by atoms with Crippen molar-refractivity contribution in [3.05, 3.63) is 36.0 Å². The van der Waals surface area contributed by atoms with Crippen LogP contribution in [0.2, 0.25) is 0 Å². The molecule has 2 rings (SSSR count). The summed E-state index contributed by atoms with van der Waals surface area (Å²) >= 11 is 0. The third-order valence-corrected chi connectivity index (χ3v) is 3.00. The highest BCUT2D eigenvalue weighted by molar-refractivity contribution is 5.78. The molecule has 0 N–H and O–H groups in total. The Balaban J connectivity index is 2.51. The maximum atomic E-state index is 12.2. The maximum Gasteiger partial charge on any atom is 0.435 e. The zero-order valence-corrected chi connectivity index (χ0v) is 13.7. The van der Waals surface area contributed by atoms with E-state index in [9.17, 15) is 4.79 Å². The maximum absolute atomic E-state index is 12.2. The lowest BCUT2D eigenvalue weighted by Gasteiger charge is -2.09. The molecule has 0 amide bonds. The second kappa shape index (κ2) is 6.64. The Bertz CT molecular complexity index is 645. The van der Waals surface area contributed by atoms with E-state index in [1.165, 1.54) is 4.68 Å². The van der Waals surface area contributed by atoms with Crippen LogP contribution in [0.5, 0.6) is 5.88 Å². The van der Waals surface area contributed by atoms with Gasteiger partial charge in [0.1, 0.15) is 0 Å². The van der Waals surface area contributed by atoms with Crippen LogP contribution in [0.1, 0.15) is 33.4 Å². The third-order valence-electron chi connectivity index (χ3n) is 3.00. The highest BCUT2D eigenvalue weighted by Crippen LogP contribution is 2.33. The van der Waals surface area contributed by atoms with Gasteiger partial charge in [-0.05, 0) is 40.2 Å². The molecule has 0 saturated carbocycles. The molecule has 0 saturated heterocycles. The molecule has 0 aliphatic carbocycles. The molecule has 1 aromatic carbocycles. The Hall–Kier alpha value is -2.30. The molecule has 5 nitrogen and oxygen atoms in total. The summed E-state index contributed by atoms with van der Waals surface area (Å²) in [4.78, 5) is 12.2. The summed E-state index contributed by atoms with van der Waals surface area (Å²) in [7, 11) is 0. The number of hydrogen-bond acceptors (Lipinski definition) is 4. The van der Waals surface area contributed by atoms with Crippen LogP contribution in [0.15, 0.2) is 30.3 Å². The lowest BCUT2D eigenvalue weighted by atomic mass is 10.1. The molecule has 0 spiro atoms. The van der Waals surface area contributed by atoms with Gasteiger partial charge in [-0.25, -0.2) is 4.79 Å². The normalized spacial score (nSPS) is 11.0. The van der Waals surface area contributed by atoms with Crippen LogP contribution < -0.4 is 4.74 Å². The second-order valence-electron chi connectivity index (χ2n) is 5.64. The van der Waals surface area contributed by atoms with Crippen LogP contribution >= 0.6 is 0 Å². The molecule has 22 heavy (non-hydrogen) atoms. The van der Waals surface area contributed by atoms with Gasteiger partial charge < -0.3 is 9.47 Å². The van der Waals surface area contributed by atoms with E-state index in [1.54, 1.807) is 13.8 Å². The summed E-state index contributed by atoms with van der Waals surface area (Å²) in [6.45, 7) is 9.30. The van der Waals surface area contributed by atoms with Crippen LogP contribution in [0, 0.1) is 6.92 Å². The standard InChI is InChI=1S/C17H22N2O3/c1-11(2)21-16-15(14-9-7-6-8-10-14)13(5)19(18-16)17(20)22-12(3)4/h6-12H,1-5H3. The first kappa shape index (κ1) is 16.1. The van der Waals surface area contributed by atoms with E-state index in [-0.39, 0.29) is 12.2 Å². The van der Waals surface area contributed by atoms with Gasteiger partial charge in [-0.2, -0.15) is 4.68 Å². The van der Waals surface area contributed by atoms with Gasteiger partial charge in [0.2, 0.25) is 5.88 Å². The summed E-state index contributed by atoms with van der Waals surface area (Å²) in [6.07, 6.45) is -0.736. The number of nitrogens with zero attached hydrogens (tertiary/aromatic N) is 2. The van der Waals surface area contributed by atoms with Crippen molar-refractivity contribution in [3.63, 3.8) is 0 Å². The Morgan fingerprint density at radius 3 is 2.27 bits per heavy atom. The molecule has 1 heterocycles. The van der Waals surface area contributed by atoms with Crippen LogP contribution in [-0.2, 0) is 4.74 Å². The summed E-state index contributed by atoms with van der Waals surface area (Å²) in [5.74, 6) is 0.444. The molecule has 0 aliphatic rings. The molecule has 1 aromatic heterocycles. The molecular weight excluding hydrogens is 280 g/mol. The summed E-state index contributed by atoms with van der Waals surface area (Å²) in [5.41, 5.74) is 2.47. The summed E-state index contributed by atoms with van der Waals surface area (Å²) in [5, 5.41) is 4.30. The smallest absolute Gasteiger partial charge is 0.435 e. The molecule has 0 fully saturated rings. The van der Waals surface area contributed by atoms with Crippen LogP contribution in [0.25, 0.3) is 11.1 Å². The Kier molecular flexibility index (Phi) is 4.85. The predicted molar refractivity (Wildman–Crippen MR) is 85.2 cm³/mol. The minimum atomic E-state index is -0.497. The quantitative estimate of drug-likeness (QED) is 0.855. The Morgan fingerprint density at radius 1 is 1.09 bits per heavy atom. The summed E-state index contributed by atoms with van der Waals surface area (Å²) < 4.78 is 12.3. The van der Waals surface area contributed by atoms with E-state index >= 15 is 0 Å². The van der Waals surface area contributed by atoms with E-state index in [4.69, 9.17) is 9.47 Å². The molecule has 0 bridgehead atoms. The van der Waals surface area contributed by atoms with E-state index in [0.29, 0.717) is 11.6 Å². The highest BCUT2D eigenvalue weighted by atomic mass is 16.6. The van der Waals surface area contributed by atoms with Crippen molar-refractivity contribution in [2.75, 3.05) is 0 Å². The average Bonchev–Trinajstić information content (AvgIpc) is 2.75. The van der Waals surface area contributed by atoms with Gasteiger partial charge in [0.05, 0.1) is 23.5 Å². The Labute approximate surface area is 130 Å². The Morgan fingerprint density at radius 2 is 1.73 bits per heavy atom. The number of carbonyl (C=O) groups is 1. The van der Waals surface area contributed by atoms with Gasteiger partial charge in [-0.15, -0.1) is 5.10 Å². The van der Waals surface area contributed by atoms with Crippen molar-refractivity contribution in [1.29, 1.82) is 0 Å². The van der Waals surface area contributed by atoms with Gasteiger partial charge in [0.25, 0.3) is 0 Å². The van der Waals surface area contributed by atoms with Crippen LogP contribution in [-0.4, -0.2) is 28.1 Å². The molecule has 0 unspecified atom stereocenters. The largest absolute Gasteiger partial charge is 0.473 e. The zero-order valence-electron chi connectivity index (χ0n) is 13.7. The monoisotopic (exact) mass is 302 g/mol. The van der Waals surface area contributed by atoms with E-state index in [1.807, 2.05) is 51.1 Å².